The predicted octanol–water partition coefficient (Wildman–Crippen LogP) is 3.49. The number of hydrogen-bond acceptors (Lipinski definition) is 3. The van der Waals surface area contributed by atoms with Crippen LogP contribution in [0.4, 0.5) is 0 Å². The highest BCUT2D eigenvalue weighted by Crippen LogP contribution is 2.24. The molecule has 2 aliphatic rings. The Hall–Kier alpha value is -1.55. The van der Waals surface area contributed by atoms with Gasteiger partial charge in [-0.3, -0.25) is 4.90 Å². The van der Waals surface area contributed by atoms with Gasteiger partial charge in [0.25, 0.3) is 0 Å². The van der Waals surface area contributed by atoms with Gasteiger partial charge in [-0.05, 0) is 57.2 Å². The first-order valence-electron chi connectivity index (χ1n) is 8.91. The van der Waals surface area contributed by atoms with E-state index in [1.54, 1.807) is 0 Å². The second-order valence-corrected chi connectivity index (χ2v) is 6.85. The Kier molecular flexibility index (Phi) is 5.55. The molecule has 1 aliphatic carbocycles. The topological polar surface area (TPSA) is 34.5 Å². The highest BCUT2D eigenvalue weighted by Gasteiger charge is 2.24. The standard InChI is InChI=1S/C19H28N2O2/c1-23-19(22)17-10-11-20(15-17)14-16-8-12-21(13-9-16)18-6-4-2-3-5-7-18/h4,6,10-11,15-16,18H,2-3,5,7-9,12-14H2,1H3. The first kappa shape index (κ1) is 16.3. The number of likely N-dealkylation sites (tertiary alicyclic amines) is 1. The molecule has 4 nitrogen and oxygen atoms in total. The summed E-state index contributed by atoms with van der Waals surface area (Å²) < 4.78 is 6.90. The number of piperidine rings is 1. The highest BCUT2D eigenvalue weighted by molar-refractivity contribution is 5.89. The lowest BCUT2D eigenvalue weighted by Crippen LogP contribution is -2.41. The summed E-state index contributed by atoms with van der Waals surface area (Å²) in [6.07, 6.45) is 16.5. The Morgan fingerprint density at radius 1 is 1.26 bits per heavy atom. The van der Waals surface area contributed by atoms with E-state index in [1.165, 1.54) is 58.7 Å². The van der Waals surface area contributed by atoms with Crippen molar-refractivity contribution >= 4 is 5.97 Å². The number of esters is 1. The lowest BCUT2D eigenvalue weighted by Gasteiger charge is -2.36. The van der Waals surface area contributed by atoms with Crippen molar-refractivity contribution in [2.45, 2.75) is 51.1 Å². The zero-order valence-corrected chi connectivity index (χ0v) is 14.1. The van der Waals surface area contributed by atoms with Crippen LogP contribution in [0.2, 0.25) is 0 Å². The van der Waals surface area contributed by atoms with Crippen LogP contribution < -0.4 is 0 Å². The van der Waals surface area contributed by atoms with Crippen LogP contribution >= 0.6 is 0 Å². The molecule has 1 saturated heterocycles. The Morgan fingerprint density at radius 3 is 2.87 bits per heavy atom. The van der Waals surface area contributed by atoms with Gasteiger partial charge in [0, 0.05) is 25.0 Å². The van der Waals surface area contributed by atoms with Crippen molar-refractivity contribution in [3.05, 3.63) is 36.2 Å². The fraction of sp³-hybridized carbons (Fsp3) is 0.632. The first-order valence-corrected chi connectivity index (χ1v) is 8.91. The average Bonchev–Trinajstić information content (AvgIpc) is 2.88. The quantitative estimate of drug-likeness (QED) is 0.630. The molecule has 4 heteroatoms. The SMILES string of the molecule is COC(=O)c1ccn(CC2CCN(C3C=CCCCC3)CC2)c1. The zero-order chi connectivity index (χ0) is 16.1. The summed E-state index contributed by atoms with van der Waals surface area (Å²) in [6, 6.07) is 2.51. The van der Waals surface area contributed by atoms with Gasteiger partial charge in [0.15, 0.2) is 0 Å². The smallest absolute Gasteiger partial charge is 0.339 e. The van der Waals surface area contributed by atoms with Gasteiger partial charge in [-0.2, -0.15) is 0 Å². The summed E-state index contributed by atoms with van der Waals surface area (Å²) in [7, 11) is 1.43. The number of methoxy groups -OCH3 is 1. The maximum atomic E-state index is 11.5. The van der Waals surface area contributed by atoms with E-state index in [9.17, 15) is 4.79 Å². The first-order chi connectivity index (χ1) is 11.3. The van der Waals surface area contributed by atoms with Crippen LogP contribution in [0, 0.1) is 5.92 Å². The molecule has 0 spiro atoms. The molecule has 1 aromatic heterocycles. The van der Waals surface area contributed by atoms with Crippen molar-refractivity contribution in [2.24, 2.45) is 5.92 Å². The Morgan fingerprint density at radius 2 is 2.09 bits per heavy atom. The summed E-state index contributed by atoms with van der Waals surface area (Å²) in [5, 5.41) is 0. The Balaban J connectivity index is 1.49. The maximum absolute atomic E-state index is 11.5. The van der Waals surface area contributed by atoms with E-state index >= 15 is 0 Å². The number of carbonyl (C=O) groups excluding carboxylic acids is 1. The molecule has 1 fully saturated rings. The number of hydrogen-bond donors (Lipinski definition) is 0. The van der Waals surface area contributed by atoms with E-state index in [1.807, 2.05) is 18.5 Å². The molecular formula is C19H28N2O2. The van der Waals surface area contributed by atoms with E-state index in [4.69, 9.17) is 4.74 Å². The molecule has 0 amide bonds. The number of rotatable bonds is 4. The van der Waals surface area contributed by atoms with Crippen molar-refractivity contribution in [1.82, 2.24) is 9.47 Å². The second-order valence-electron chi connectivity index (χ2n) is 6.85. The number of aromatic nitrogens is 1. The monoisotopic (exact) mass is 316 g/mol. The van der Waals surface area contributed by atoms with E-state index in [-0.39, 0.29) is 5.97 Å². The third-order valence-corrected chi connectivity index (χ3v) is 5.24. The summed E-state index contributed by atoms with van der Waals surface area (Å²) >= 11 is 0. The van der Waals surface area contributed by atoms with Gasteiger partial charge in [-0.15, -0.1) is 0 Å². The fourth-order valence-electron chi connectivity index (χ4n) is 3.83. The van der Waals surface area contributed by atoms with Crippen LogP contribution in [-0.4, -0.2) is 41.7 Å². The summed E-state index contributed by atoms with van der Waals surface area (Å²) in [6.45, 7) is 3.40. The number of carbonyl (C=O) groups is 1. The van der Waals surface area contributed by atoms with Gasteiger partial charge in [0.05, 0.1) is 12.7 Å². The lowest BCUT2D eigenvalue weighted by molar-refractivity contribution is 0.0600. The largest absolute Gasteiger partial charge is 0.465 e. The maximum Gasteiger partial charge on any atom is 0.339 e. The molecule has 0 saturated carbocycles. The van der Waals surface area contributed by atoms with Crippen molar-refractivity contribution in [2.75, 3.05) is 20.2 Å². The van der Waals surface area contributed by atoms with E-state index in [0.29, 0.717) is 17.5 Å². The molecule has 1 unspecified atom stereocenters. The van der Waals surface area contributed by atoms with Crippen LogP contribution in [0.15, 0.2) is 30.6 Å². The van der Waals surface area contributed by atoms with Gasteiger partial charge < -0.3 is 9.30 Å². The molecule has 3 rings (SSSR count). The van der Waals surface area contributed by atoms with E-state index in [0.717, 1.165) is 6.54 Å². The Bertz CT molecular complexity index is 541. The van der Waals surface area contributed by atoms with Crippen molar-refractivity contribution in [3.8, 4) is 0 Å². The van der Waals surface area contributed by atoms with Gasteiger partial charge >= 0.3 is 5.97 Å². The van der Waals surface area contributed by atoms with Gasteiger partial charge in [0.2, 0.25) is 0 Å². The Labute approximate surface area is 139 Å². The fourth-order valence-corrected chi connectivity index (χ4v) is 3.83. The second kappa shape index (κ2) is 7.82. The highest BCUT2D eigenvalue weighted by atomic mass is 16.5. The summed E-state index contributed by atoms with van der Waals surface area (Å²) in [5.74, 6) is 0.456. The van der Waals surface area contributed by atoms with Gasteiger partial charge in [0.1, 0.15) is 0 Å². The molecule has 1 aliphatic heterocycles. The van der Waals surface area contributed by atoms with E-state index < -0.39 is 0 Å². The molecule has 0 N–H and O–H groups in total. The van der Waals surface area contributed by atoms with Crippen LogP contribution in [0.1, 0.15) is 48.9 Å². The molecule has 23 heavy (non-hydrogen) atoms. The van der Waals surface area contributed by atoms with Crippen molar-refractivity contribution in [3.63, 3.8) is 0 Å². The van der Waals surface area contributed by atoms with Gasteiger partial charge in [-0.1, -0.05) is 18.6 Å². The molecule has 0 bridgehead atoms. The third-order valence-electron chi connectivity index (χ3n) is 5.24. The molecule has 0 radical (unpaired) electrons. The lowest BCUT2D eigenvalue weighted by atomic mass is 9.95. The molecular weight excluding hydrogens is 288 g/mol. The number of allylic oxidation sites excluding steroid dienone is 1. The minimum absolute atomic E-state index is 0.251. The summed E-state index contributed by atoms with van der Waals surface area (Å²) in [4.78, 5) is 14.2. The summed E-state index contributed by atoms with van der Waals surface area (Å²) in [5.41, 5.74) is 0.647. The molecule has 1 aromatic rings. The van der Waals surface area contributed by atoms with Crippen LogP contribution in [0.5, 0.6) is 0 Å². The average molecular weight is 316 g/mol. The zero-order valence-electron chi connectivity index (χ0n) is 14.1. The van der Waals surface area contributed by atoms with Crippen LogP contribution in [-0.2, 0) is 11.3 Å². The molecule has 126 valence electrons. The van der Waals surface area contributed by atoms with Gasteiger partial charge in [-0.25, -0.2) is 4.79 Å². The number of ether oxygens (including phenoxy) is 1. The predicted molar refractivity (Wildman–Crippen MR) is 91.5 cm³/mol. The van der Waals surface area contributed by atoms with E-state index in [2.05, 4.69) is 21.6 Å². The number of nitrogens with zero attached hydrogens (tertiary/aromatic N) is 2. The van der Waals surface area contributed by atoms with Crippen molar-refractivity contribution < 1.29 is 9.53 Å². The molecule has 2 heterocycles. The molecule has 0 aromatic carbocycles. The third kappa shape index (κ3) is 4.25. The minimum atomic E-state index is -0.251. The van der Waals surface area contributed by atoms with Crippen molar-refractivity contribution in [1.29, 1.82) is 0 Å². The normalized spacial score (nSPS) is 23.6. The minimum Gasteiger partial charge on any atom is -0.465 e. The van der Waals surface area contributed by atoms with Crippen LogP contribution in [0.3, 0.4) is 0 Å². The molecule has 1 atom stereocenters. The van der Waals surface area contributed by atoms with Crippen LogP contribution in [0.25, 0.3) is 0 Å².